The minimum atomic E-state index is 0.255. The molecule has 3 nitrogen and oxygen atoms in total. The van der Waals surface area contributed by atoms with Gasteiger partial charge in [0.2, 0.25) is 0 Å². The van der Waals surface area contributed by atoms with Crippen molar-refractivity contribution in [3.05, 3.63) is 28.8 Å². The molecular formula is C8H7N2O. The molecule has 0 bridgehead atoms. The van der Waals surface area contributed by atoms with Crippen LogP contribution in [0.15, 0.2) is 23.3 Å². The molecule has 1 heterocycles. The van der Waals surface area contributed by atoms with Crippen LogP contribution < -0.4 is 16.0 Å². The number of phenolic OH excluding ortho intramolecular Hbond substituents is 1. The van der Waals surface area contributed by atoms with Crippen molar-refractivity contribution in [2.75, 3.05) is 0 Å². The van der Waals surface area contributed by atoms with Gasteiger partial charge in [0.05, 0.1) is 16.3 Å². The zero-order chi connectivity index (χ0) is 7.84. The minimum absolute atomic E-state index is 0.255. The molecule has 11 heavy (non-hydrogen) atoms. The first-order chi connectivity index (χ1) is 5.29. The van der Waals surface area contributed by atoms with E-state index in [4.69, 9.17) is 0 Å². The van der Waals surface area contributed by atoms with Crippen molar-refractivity contribution in [3.63, 3.8) is 0 Å². The van der Waals surface area contributed by atoms with E-state index in [0.29, 0.717) is 0 Å². The lowest BCUT2D eigenvalue weighted by molar-refractivity contribution is 0.470. The molecule has 2 rings (SSSR count). The molecule has 0 aromatic heterocycles. The Balaban J connectivity index is 3.00. The van der Waals surface area contributed by atoms with Crippen molar-refractivity contribution in [2.45, 2.75) is 6.92 Å². The molecule has 0 saturated carbocycles. The van der Waals surface area contributed by atoms with Gasteiger partial charge in [-0.3, -0.25) is 0 Å². The van der Waals surface area contributed by atoms with Gasteiger partial charge in [-0.15, -0.1) is 0 Å². The zero-order valence-electron chi connectivity index (χ0n) is 6.07. The Bertz CT molecular complexity index is 409. The Hall–Kier alpha value is -1.51. The SMILES string of the molecule is CC1=c2c(O)cccc2=N[N]1. The first kappa shape index (κ1) is 6.22. The van der Waals surface area contributed by atoms with Gasteiger partial charge >= 0.3 is 0 Å². The van der Waals surface area contributed by atoms with E-state index in [1.165, 1.54) is 0 Å². The molecule has 0 aliphatic carbocycles. The standard InChI is InChI=1S/C8H7N2O/c1-5-8-6(10-9-5)3-2-4-7(8)11/h2-4,11H,1H3. The highest BCUT2D eigenvalue weighted by molar-refractivity contribution is 5.45. The van der Waals surface area contributed by atoms with Crippen molar-refractivity contribution < 1.29 is 5.11 Å². The highest BCUT2D eigenvalue weighted by atomic mass is 16.3. The number of rotatable bonds is 0. The van der Waals surface area contributed by atoms with Crippen molar-refractivity contribution in [2.24, 2.45) is 5.10 Å². The van der Waals surface area contributed by atoms with Gasteiger partial charge in [0.1, 0.15) is 5.75 Å². The fraction of sp³-hybridized carbons (Fsp3) is 0.125. The molecule has 0 atom stereocenters. The van der Waals surface area contributed by atoms with Crippen molar-refractivity contribution >= 4 is 5.70 Å². The summed E-state index contributed by atoms with van der Waals surface area (Å²) in [5.41, 5.74) is 4.62. The third-order valence-corrected chi connectivity index (χ3v) is 1.69. The molecule has 1 aromatic carbocycles. The second-order valence-corrected chi connectivity index (χ2v) is 2.46. The van der Waals surface area contributed by atoms with Crippen LogP contribution in [-0.2, 0) is 0 Å². The van der Waals surface area contributed by atoms with Crippen molar-refractivity contribution in [1.82, 2.24) is 5.43 Å². The lowest BCUT2D eigenvalue weighted by atomic mass is 10.2. The highest BCUT2D eigenvalue weighted by Crippen LogP contribution is 2.00. The van der Waals surface area contributed by atoms with Crippen molar-refractivity contribution in [3.8, 4) is 5.75 Å². The Labute approximate surface area is 63.7 Å². The van der Waals surface area contributed by atoms with Gasteiger partial charge < -0.3 is 5.11 Å². The van der Waals surface area contributed by atoms with Gasteiger partial charge in [-0.25, -0.2) is 0 Å². The molecule has 1 aliphatic heterocycles. The van der Waals surface area contributed by atoms with Crippen LogP contribution in [0.3, 0.4) is 0 Å². The summed E-state index contributed by atoms with van der Waals surface area (Å²) < 4.78 is 0. The molecule has 0 saturated heterocycles. The maximum Gasteiger partial charge on any atom is 0.126 e. The Kier molecular flexibility index (Phi) is 1.12. The molecule has 0 unspecified atom stereocenters. The second-order valence-electron chi connectivity index (χ2n) is 2.46. The minimum Gasteiger partial charge on any atom is -0.507 e. The number of benzene rings is 1. The molecule has 1 aromatic rings. The van der Waals surface area contributed by atoms with Gasteiger partial charge in [0.25, 0.3) is 0 Å². The lowest BCUT2D eigenvalue weighted by Gasteiger charge is -1.89. The third-order valence-electron chi connectivity index (χ3n) is 1.69. The molecule has 1 N–H and O–H groups in total. The summed E-state index contributed by atoms with van der Waals surface area (Å²) in [6.45, 7) is 1.83. The highest BCUT2D eigenvalue weighted by Gasteiger charge is 2.05. The van der Waals surface area contributed by atoms with E-state index in [2.05, 4.69) is 10.5 Å². The molecule has 1 radical (unpaired) electrons. The van der Waals surface area contributed by atoms with Crippen LogP contribution in [0.4, 0.5) is 0 Å². The summed E-state index contributed by atoms with van der Waals surface area (Å²) in [7, 11) is 0. The summed E-state index contributed by atoms with van der Waals surface area (Å²) in [6, 6.07) is 5.22. The maximum atomic E-state index is 9.36. The van der Waals surface area contributed by atoms with Crippen LogP contribution in [0, 0.1) is 0 Å². The lowest BCUT2D eigenvalue weighted by Crippen LogP contribution is -2.22. The predicted octanol–water partition coefficient (Wildman–Crippen LogP) is -0.327. The zero-order valence-corrected chi connectivity index (χ0v) is 6.07. The summed E-state index contributed by atoms with van der Waals surface area (Å²) in [4.78, 5) is 0. The van der Waals surface area contributed by atoms with E-state index in [9.17, 15) is 5.11 Å². The summed E-state index contributed by atoms with van der Waals surface area (Å²) >= 11 is 0. The maximum absolute atomic E-state index is 9.36. The average molecular weight is 147 g/mol. The number of hydrogen-bond donors (Lipinski definition) is 1. The van der Waals surface area contributed by atoms with E-state index in [1.807, 2.05) is 13.0 Å². The monoisotopic (exact) mass is 147 g/mol. The van der Waals surface area contributed by atoms with Crippen LogP contribution in [0.1, 0.15) is 6.92 Å². The number of phenols is 1. The molecule has 1 aliphatic rings. The molecule has 0 spiro atoms. The number of aromatic hydroxyl groups is 1. The fourth-order valence-electron chi connectivity index (χ4n) is 1.16. The predicted molar refractivity (Wildman–Crippen MR) is 40.1 cm³/mol. The van der Waals surface area contributed by atoms with Crippen molar-refractivity contribution in [1.29, 1.82) is 0 Å². The van der Waals surface area contributed by atoms with E-state index < -0.39 is 0 Å². The van der Waals surface area contributed by atoms with Gasteiger partial charge in [-0.05, 0) is 19.1 Å². The van der Waals surface area contributed by atoms with Crippen LogP contribution >= 0.6 is 0 Å². The Morgan fingerprint density at radius 3 is 2.91 bits per heavy atom. The van der Waals surface area contributed by atoms with E-state index in [0.717, 1.165) is 16.3 Å². The quantitative estimate of drug-likeness (QED) is 0.536. The molecule has 0 fully saturated rings. The Morgan fingerprint density at radius 1 is 1.36 bits per heavy atom. The van der Waals surface area contributed by atoms with Gasteiger partial charge in [-0.1, -0.05) is 6.07 Å². The van der Waals surface area contributed by atoms with E-state index >= 15 is 0 Å². The van der Waals surface area contributed by atoms with Crippen LogP contribution in [0.25, 0.3) is 5.70 Å². The Morgan fingerprint density at radius 2 is 2.18 bits per heavy atom. The molecule has 55 valence electrons. The summed E-state index contributed by atoms with van der Waals surface area (Å²) in [6.07, 6.45) is 0. The third kappa shape index (κ3) is 0.774. The van der Waals surface area contributed by atoms with Gasteiger partial charge in [0.15, 0.2) is 0 Å². The van der Waals surface area contributed by atoms with Gasteiger partial charge in [-0.2, -0.15) is 10.5 Å². The first-order valence-corrected chi connectivity index (χ1v) is 3.36. The molecule has 0 amide bonds. The largest absolute Gasteiger partial charge is 0.507 e. The number of nitrogens with zero attached hydrogens (tertiary/aromatic N) is 2. The fourth-order valence-corrected chi connectivity index (χ4v) is 1.16. The smallest absolute Gasteiger partial charge is 0.126 e. The van der Waals surface area contributed by atoms with E-state index in [1.54, 1.807) is 12.1 Å². The van der Waals surface area contributed by atoms with Crippen LogP contribution in [-0.4, -0.2) is 5.11 Å². The van der Waals surface area contributed by atoms with Crippen LogP contribution in [0.5, 0.6) is 5.75 Å². The number of fused-ring (bicyclic) bond motifs is 1. The van der Waals surface area contributed by atoms with Gasteiger partial charge in [0, 0.05) is 0 Å². The first-order valence-electron chi connectivity index (χ1n) is 3.36. The average Bonchev–Trinajstić information content (AvgIpc) is 2.34. The normalized spacial score (nSPS) is 13.7. The van der Waals surface area contributed by atoms with Crippen LogP contribution in [0.2, 0.25) is 0 Å². The topological polar surface area (TPSA) is 46.7 Å². The second kappa shape index (κ2) is 1.99. The van der Waals surface area contributed by atoms with E-state index in [-0.39, 0.29) is 5.75 Å². The number of hydrogen-bond acceptors (Lipinski definition) is 2. The summed E-state index contributed by atoms with van der Waals surface area (Å²) in [5.74, 6) is 0.255. The summed E-state index contributed by atoms with van der Waals surface area (Å²) in [5, 5.41) is 14.7. The molecule has 3 heteroatoms. The molecular weight excluding hydrogens is 140 g/mol.